The predicted octanol–water partition coefficient (Wildman–Crippen LogP) is 1.91. The van der Waals surface area contributed by atoms with Gasteiger partial charge in [-0.05, 0) is 37.6 Å². The molecule has 1 aliphatic heterocycles. The number of piperidine rings is 1. The first-order valence-electron chi connectivity index (χ1n) is 8.01. The van der Waals surface area contributed by atoms with Gasteiger partial charge in [-0.2, -0.15) is 5.10 Å². The van der Waals surface area contributed by atoms with Gasteiger partial charge >= 0.3 is 5.69 Å². The molecular formula is C15H26N4O3. The molecule has 2 rings (SSSR count). The lowest BCUT2D eigenvalue weighted by Gasteiger charge is -2.34. The van der Waals surface area contributed by atoms with Crippen LogP contribution in [0.4, 0.5) is 5.69 Å². The van der Waals surface area contributed by atoms with Crippen LogP contribution in [0.5, 0.6) is 0 Å². The average Bonchev–Trinajstić information content (AvgIpc) is 2.86. The fourth-order valence-electron chi connectivity index (χ4n) is 3.29. The smallest absolute Gasteiger partial charge is 0.306 e. The lowest BCUT2D eigenvalue weighted by molar-refractivity contribution is -0.385. The van der Waals surface area contributed by atoms with E-state index in [0.717, 1.165) is 13.1 Å². The van der Waals surface area contributed by atoms with Crippen LogP contribution < -0.4 is 0 Å². The zero-order valence-electron chi connectivity index (χ0n) is 13.4. The van der Waals surface area contributed by atoms with Gasteiger partial charge in [-0.3, -0.25) is 14.8 Å². The summed E-state index contributed by atoms with van der Waals surface area (Å²) in [5.41, 5.74) is -0.0397. The molecule has 2 heterocycles. The fraction of sp³-hybridized carbons (Fsp3) is 0.800. The summed E-state index contributed by atoms with van der Waals surface area (Å²) in [6.45, 7) is 7.44. The highest BCUT2D eigenvalue weighted by atomic mass is 16.6. The minimum Gasteiger partial charge on any atom is -0.390 e. The number of likely N-dealkylation sites (tertiary alicyclic amines) is 1. The Labute approximate surface area is 131 Å². The molecule has 2 unspecified atom stereocenters. The Balaban J connectivity index is 1.80. The van der Waals surface area contributed by atoms with Crippen LogP contribution in [0.2, 0.25) is 0 Å². The lowest BCUT2D eigenvalue weighted by atomic mass is 9.89. The Morgan fingerprint density at radius 1 is 1.50 bits per heavy atom. The largest absolute Gasteiger partial charge is 0.390 e. The molecule has 124 valence electrons. The van der Waals surface area contributed by atoms with Crippen LogP contribution >= 0.6 is 0 Å². The highest BCUT2D eigenvalue weighted by molar-refractivity contribution is 5.20. The molecule has 0 bridgehead atoms. The molecule has 1 aromatic heterocycles. The molecule has 2 atom stereocenters. The average molecular weight is 310 g/mol. The van der Waals surface area contributed by atoms with Crippen molar-refractivity contribution in [2.45, 2.75) is 45.8 Å². The van der Waals surface area contributed by atoms with Gasteiger partial charge in [0.15, 0.2) is 0 Å². The van der Waals surface area contributed by atoms with E-state index in [1.807, 2.05) is 0 Å². The van der Waals surface area contributed by atoms with Crippen LogP contribution in [-0.2, 0) is 6.54 Å². The Bertz CT molecular complexity index is 489. The van der Waals surface area contributed by atoms with Gasteiger partial charge in [0.25, 0.3) is 0 Å². The molecule has 0 radical (unpaired) electrons. The van der Waals surface area contributed by atoms with Crippen molar-refractivity contribution in [3.05, 3.63) is 22.5 Å². The molecule has 0 aliphatic carbocycles. The van der Waals surface area contributed by atoms with E-state index < -0.39 is 11.0 Å². The summed E-state index contributed by atoms with van der Waals surface area (Å²) in [7, 11) is 0. The minimum absolute atomic E-state index is 0.0397. The van der Waals surface area contributed by atoms with Crippen molar-refractivity contribution in [3.63, 3.8) is 0 Å². The van der Waals surface area contributed by atoms with Gasteiger partial charge in [-0.15, -0.1) is 0 Å². The number of aliphatic hydroxyl groups is 1. The topological polar surface area (TPSA) is 84.4 Å². The maximum atomic E-state index is 10.6. The van der Waals surface area contributed by atoms with Gasteiger partial charge in [-0.25, -0.2) is 0 Å². The Morgan fingerprint density at radius 3 is 2.91 bits per heavy atom. The third-order valence-corrected chi connectivity index (χ3v) is 4.11. The van der Waals surface area contributed by atoms with Crippen molar-refractivity contribution < 1.29 is 10.0 Å². The molecular weight excluding hydrogens is 284 g/mol. The maximum absolute atomic E-state index is 10.6. The zero-order chi connectivity index (χ0) is 16.1. The van der Waals surface area contributed by atoms with Crippen LogP contribution in [0.1, 0.15) is 33.1 Å². The number of rotatable bonds is 7. The van der Waals surface area contributed by atoms with Crippen LogP contribution in [0.25, 0.3) is 0 Å². The molecule has 1 aliphatic rings. The molecule has 22 heavy (non-hydrogen) atoms. The standard InChI is InChI=1S/C15H26N4O3/c1-12(2)6-13-4-3-5-17(8-13)10-15(20)11-18-9-14(7-16-18)19(21)22/h7,9,12-13,15,20H,3-6,8,10-11H2,1-2H3. The normalized spacial score (nSPS) is 21.2. The number of nitrogens with zero attached hydrogens (tertiary/aromatic N) is 4. The van der Waals surface area contributed by atoms with E-state index in [9.17, 15) is 15.2 Å². The molecule has 0 spiro atoms. The van der Waals surface area contributed by atoms with E-state index in [1.54, 1.807) is 0 Å². The van der Waals surface area contributed by atoms with E-state index >= 15 is 0 Å². The SMILES string of the molecule is CC(C)CC1CCCN(CC(O)Cn2cc([N+](=O)[O-])cn2)C1. The van der Waals surface area contributed by atoms with E-state index in [4.69, 9.17) is 0 Å². The number of aromatic nitrogens is 2. The number of aliphatic hydroxyl groups excluding tert-OH is 1. The van der Waals surface area contributed by atoms with Crippen molar-refractivity contribution in [2.24, 2.45) is 11.8 Å². The Hall–Kier alpha value is -1.47. The Morgan fingerprint density at radius 2 is 2.27 bits per heavy atom. The van der Waals surface area contributed by atoms with Crippen LogP contribution in [0.15, 0.2) is 12.4 Å². The van der Waals surface area contributed by atoms with Crippen molar-refractivity contribution in [1.82, 2.24) is 14.7 Å². The molecule has 7 heteroatoms. The minimum atomic E-state index is -0.558. The van der Waals surface area contributed by atoms with E-state index in [-0.39, 0.29) is 5.69 Å². The molecule has 7 nitrogen and oxygen atoms in total. The number of nitro groups is 1. The van der Waals surface area contributed by atoms with Crippen LogP contribution in [-0.4, -0.2) is 50.4 Å². The number of β-amino-alcohol motifs (C(OH)–C–C–N with tert-alkyl or cyclic N) is 1. The second-order valence-electron chi connectivity index (χ2n) is 6.73. The van der Waals surface area contributed by atoms with Crippen LogP contribution in [0.3, 0.4) is 0 Å². The molecule has 0 aromatic carbocycles. The molecule has 1 N–H and O–H groups in total. The first kappa shape index (κ1) is 16.9. The highest BCUT2D eigenvalue weighted by Crippen LogP contribution is 2.23. The van der Waals surface area contributed by atoms with Gasteiger partial charge in [0.1, 0.15) is 12.4 Å². The highest BCUT2D eigenvalue weighted by Gasteiger charge is 2.22. The summed E-state index contributed by atoms with van der Waals surface area (Å²) in [4.78, 5) is 12.5. The summed E-state index contributed by atoms with van der Waals surface area (Å²) in [6, 6.07) is 0. The van der Waals surface area contributed by atoms with Gasteiger partial charge in [0.2, 0.25) is 0 Å². The third-order valence-electron chi connectivity index (χ3n) is 4.11. The second kappa shape index (κ2) is 7.69. The van der Waals surface area contributed by atoms with Crippen molar-refractivity contribution in [1.29, 1.82) is 0 Å². The summed E-state index contributed by atoms with van der Waals surface area (Å²) in [5.74, 6) is 1.42. The first-order valence-corrected chi connectivity index (χ1v) is 8.01. The quantitative estimate of drug-likeness (QED) is 0.614. The summed E-state index contributed by atoms with van der Waals surface area (Å²) in [5, 5.41) is 24.7. The lowest BCUT2D eigenvalue weighted by Crippen LogP contribution is -2.41. The molecule has 1 aromatic rings. The van der Waals surface area contributed by atoms with Gasteiger partial charge in [0, 0.05) is 13.1 Å². The molecule has 0 amide bonds. The zero-order valence-corrected chi connectivity index (χ0v) is 13.4. The van der Waals surface area contributed by atoms with Crippen molar-refractivity contribution in [3.8, 4) is 0 Å². The number of hydrogen-bond donors (Lipinski definition) is 1. The van der Waals surface area contributed by atoms with E-state index in [2.05, 4.69) is 23.8 Å². The summed E-state index contributed by atoms with van der Waals surface area (Å²) in [6.07, 6.45) is 5.70. The Kier molecular flexibility index (Phi) is 5.90. The van der Waals surface area contributed by atoms with Crippen LogP contribution in [0, 0.1) is 22.0 Å². The van der Waals surface area contributed by atoms with Gasteiger partial charge in [0.05, 0.1) is 17.6 Å². The predicted molar refractivity (Wildman–Crippen MR) is 83.5 cm³/mol. The van der Waals surface area contributed by atoms with Gasteiger partial charge < -0.3 is 10.0 Å². The fourth-order valence-corrected chi connectivity index (χ4v) is 3.29. The summed E-state index contributed by atoms with van der Waals surface area (Å²) >= 11 is 0. The van der Waals surface area contributed by atoms with E-state index in [1.165, 1.54) is 36.3 Å². The third kappa shape index (κ3) is 5.06. The first-order chi connectivity index (χ1) is 10.4. The monoisotopic (exact) mass is 310 g/mol. The van der Waals surface area contributed by atoms with Crippen molar-refractivity contribution >= 4 is 5.69 Å². The van der Waals surface area contributed by atoms with Crippen molar-refractivity contribution in [2.75, 3.05) is 19.6 Å². The molecule has 1 saturated heterocycles. The molecule has 1 fully saturated rings. The number of hydrogen-bond acceptors (Lipinski definition) is 5. The maximum Gasteiger partial charge on any atom is 0.306 e. The molecule has 0 saturated carbocycles. The van der Waals surface area contributed by atoms with Gasteiger partial charge in [-0.1, -0.05) is 13.8 Å². The van der Waals surface area contributed by atoms with E-state index in [0.29, 0.717) is 24.9 Å². The summed E-state index contributed by atoms with van der Waals surface area (Å²) < 4.78 is 1.44. The second-order valence-corrected chi connectivity index (χ2v) is 6.73.